The molecule has 7 nitrogen and oxygen atoms in total. The van der Waals surface area contributed by atoms with Crippen molar-refractivity contribution in [2.75, 3.05) is 18.2 Å². The van der Waals surface area contributed by atoms with Crippen LogP contribution in [0.4, 0.5) is 5.13 Å². The van der Waals surface area contributed by atoms with E-state index in [1.807, 2.05) is 65.4 Å². The highest BCUT2D eigenvalue weighted by atomic mass is 35.5. The van der Waals surface area contributed by atoms with Crippen LogP contribution in [0.15, 0.2) is 59.1 Å². The number of ether oxygens (including phenoxy) is 1. The number of amides is 1. The summed E-state index contributed by atoms with van der Waals surface area (Å²) in [5.74, 6) is 1.76. The molecule has 0 atom stereocenters. The first-order valence-corrected chi connectivity index (χ1v) is 12.5. The van der Waals surface area contributed by atoms with Crippen molar-refractivity contribution in [2.24, 2.45) is 0 Å². The zero-order chi connectivity index (χ0) is 23.2. The maximum absolute atomic E-state index is 12.5. The fraction of sp³-hybridized carbons (Fsp3) is 0.217. The zero-order valence-electron chi connectivity index (χ0n) is 18.1. The SMILES string of the molecule is CCn1c(Cc2ccc(OC)cc2)nnc1SCC(=O)Nc1nc(-c2ccc(Cl)cc2)cs1. The maximum atomic E-state index is 12.5. The molecule has 0 bridgehead atoms. The molecule has 2 aromatic heterocycles. The molecule has 1 N–H and O–H groups in total. The van der Waals surface area contributed by atoms with E-state index in [2.05, 4.69) is 20.5 Å². The quantitative estimate of drug-likeness (QED) is 0.310. The molecule has 1 amide bonds. The summed E-state index contributed by atoms with van der Waals surface area (Å²) in [6.45, 7) is 2.76. The summed E-state index contributed by atoms with van der Waals surface area (Å²) in [4.78, 5) is 17.0. The number of thiazole rings is 1. The van der Waals surface area contributed by atoms with Gasteiger partial charge in [0.15, 0.2) is 10.3 Å². The van der Waals surface area contributed by atoms with Crippen LogP contribution in [0.5, 0.6) is 5.75 Å². The van der Waals surface area contributed by atoms with E-state index in [4.69, 9.17) is 16.3 Å². The highest BCUT2D eigenvalue weighted by Gasteiger charge is 2.15. The van der Waals surface area contributed by atoms with Gasteiger partial charge >= 0.3 is 0 Å². The lowest BCUT2D eigenvalue weighted by Crippen LogP contribution is -2.14. The van der Waals surface area contributed by atoms with Crippen molar-refractivity contribution in [3.8, 4) is 17.0 Å². The molecule has 0 aliphatic carbocycles. The monoisotopic (exact) mass is 499 g/mol. The Balaban J connectivity index is 1.35. The highest BCUT2D eigenvalue weighted by Crippen LogP contribution is 2.26. The second kappa shape index (κ2) is 10.8. The maximum Gasteiger partial charge on any atom is 0.236 e. The van der Waals surface area contributed by atoms with Crippen molar-refractivity contribution in [1.82, 2.24) is 19.7 Å². The van der Waals surface area contributed by atoms with Crippen molar-refractivity contribution in [1.29, 1.82) is 0 Å². The van der Waals surface area contributed by atoms with Gasteiger partial charge in [-0.1, -0.05) is 47.6 Å². The average Bonchev–Trinajstić information content (AvgIpc) is 3.45. The summed E-state index contributed by atoms with van der Waals surface area (Å²) >= 11 is 8.69. The van der Waals surface area contributed by atoms with Crippen LogP contribution >= 0.6 is 34.7 Å². The molecule has 33 heavy (non-hydrogen) atoms. The van der Waals surface area contributed by atoms with E-state index in [9.17, 15) is 4.79 Å². The number of carbonyl (C=O) groups excluding carboxylic acids is 1. The van der Waals surface area contributed by atoms with Crippen LogP contribution in [0.3, 0.4) is 0 Å². The fourth-order valence-electron chi connectivity index (χ4n) is 3.17. The second-order valence-corrected chi connectivity index (χ2v) is 9.29. The van der Waals surface area contributed by atoms with E-state index in [0.717, 1.165) is 40.1 Å². The van der Waals surface area contributed by atoms with Gasteiger partial charge in [-0.05, 0) is 36.8 Å². The summed E-state index contributed by atoms with van der Waals surface area (Å²) in [6.07, 6.45) is 0.657. The van der Waals surface area contributed by atoms with Crippen molar-refractivity contribution in [3.63, 3.8) is 0 Å². The Morgan fingerprint density at radius 3 is 2.61 bits per heavy atom. The van der Waals surface area contributed by atoms with Gasteiger partial charge in [-0.25, -0.2) is 4.98 Å². The van der Waals surface area contributed by atoms with E-state index < -0.39 is 0 Å². The van der Waals surface area contributed by atoms with E-state index in [1.54, 1.807) is 7.11 Å². The van der Waals surface area contributed by atoms with E-state index in [1.165, 1.54) is 23.1 Å². The van der Waals surface area contributed by atoms with Crippen LogP contribution in [-0.4, -0.2) is 38.5 Å². The molecular formula is C23H22ClN5O2S2. The van der Waals surface area contributed by atoms with E-state index in [-0.39, 0.29) is 11.7 Å². The lowest BCUT2D eigenvalue weighted by atomic mass is 10.1. The van der Waals surface area contributed by atoms with Gasteiger partial charge in [0.25, 0.3) is 0 Å². The van der Waals surface area contributed by atoms with Gasteiger partial charge in [-0.3, -0.25) is 4.79 Å². The molecule has 170 valence electrons. The molecule has 0 fully saturated rings. The largest absolute Gasteiger partial charge is 0.497 e. The van der Waals surface area contributed by atoms with Crippen molar-refractivity contribution >= 4 is 45.7 Å². The molecule has 0 saturated carbocycles. The number of rotatable bonds is 9. The molecule has 4 aromatic rings. The molecule has 2 aromatic carbocycles. The summed E-state index contributed by atoms with van der Waals surface area (Å²) in [5, 5.41) is 15.4. The number of nitrogens with zero attached hydrogens (tertiary/aromatic N) is 4. The molecule has 0 aliphatic heterocycles. The normalized spacial score (nSPS) is 10.9. The number of anilines is 1. The van der Waals surface area contributed by atoms with Crippen molar-refractivity contribution in [2.45, 2.75) is 25.0 Å². The van der Waals surface area contributed by atoms with Crippen molar-refractivity contribution in [3.05, 3.63) is 70.3 Å². The van der Waals surface area contributed by atoms with Gasteiger partial charge in [0.2, 0.25) is 5.91 Å². The van der Waals surface area contributed by atoms with Crippen LogP contribution in [0.1, 0.15) is 18.3 Å². The summed E-state index contributed by atoms with van der Waals surface area (Å²) < 4.78 is 7.24. The molecular weight excluding hydrogens is 478 g/mol. The molecule has 10 heteroatoms. The molecule has 0 saturated heterocycles. The van der Waals surface area contributed by atoms with Crippen molar-refractivity contribution < 1.29 is 9.53 Å². The van der Waals surface area contributed by atoms with Crippen LogP contribution in [0, 0.1) is 0 Å². The van der Waals surface area contributed by atoms with Crippen LogP contribution < -0.4 is 10.1 Å². The Morgan fingerprint density at radius 2 is 1.91 bits per heavy atom. The van der Waals surface area contributed by atoms with E-state index >= 15 is 0 Å². The Hall–Kier alpha value is -2.88. The number of thioether (sulfide) groups is 1. The Morgan fingerprint density at radius 1 is 1.15 bits per heavy atom. The van der Waals surface area contributed by atoms with Gasteiger partial charge in [0.05, 0.1) is 18.6 Å². The summed E-state index contributed by atoms with van der Waals surface area (Å²) in [6, 6.07) is 15.3. The first-order valence-electron chi connectivity index (χ1n) is 10.2. The number of aromatic nitrogens is 4. The van der Waals surface area contributed by atoms with Gasteiger partial charge in [-0.2, -0.15) is 0 Å². The number of benzene rings is 2. The van der Waals surface area contributed by atoms with Gasteiger partial charge in [0.1, 0.15) is 11.6 Å². The lowest BCUT2D eigenvalue weighted by molar-refractivity contribution is -0.113. The number of hydrogen-bond acceptors (Lipinski definition) is 7. The first-order chi connectivity index (χ1) is 16.1. The number of methoxy groups -OCH3 is 1. The summed E-state index contributed by atoms with van der Waals surface area (Å²) in [5.41, 5.74) is 2.87. The molecule has 0 unspecified atom stereocenters. The predicted octanol–water partition coefficient (Wildman–Crippen LogP) is 5.41. The number of carbonyl (C=O) groups is 1. The van der Waals surface area contributed by atoms with Crippen LogP contribution in [0.2, 0.25) is 5.02 Å². The number of hydrogen-bond donors (Lipinski definition) is 1. The van der Waals surface area contributed by atoms with Gasteiger partial charge in [-0.15, -0.1) is 21.5 Å². The fourth-order valence-corrected chi connectivity index (χ4v) is 4.85. The third-order valence-corrected chi connectivity index (χ3v) is 6.83. The Bertz CT molecular complexity index is 1220. The standard InChI is InChI=1S/C23H22ClN5O2S2/c1-3-29-20(12-15-4-10-18(31-2)11-5-15)27-28-23(29)33-14-21(30)26-22-25-19(13-32-22)16-6-8-17(24)9-7-16/h4-11,13H,3,12,14H2,1-2H3,(H,25,26,30). The third kappa shape index (κ3) is 5.93. The predicted molar refractivity (Wildman–Crippen MR) is 133 cm³/mol. The number of nitrogens with one attached hydrogen (secondary N) is 1. The smallest absolute Gasteiger partial charge is 0.236 e. The van der Waals surface area contributed by atoms with Crippen LogP contribution in [-0.2, 0) is 17.8 Å². The van der Waals surface area contributed by atoms with Gasteiger partial charge < -0.3 is 14.6 Å². The molecule has 4 rings (SSSR count). The van der Waals surface area contributed by atoms with Gasteiger partial charge in [0, 0.05) is 28.9 Å². The highest BCUT2D eigenvalue weighted by molar-refractivity contribution is 7.99. The zero-order valence-corrected chi connectivity index (χ0v) is 20.5. The third-order valence-electron chi connectivity index (χ3n) is 4.85. The molecule has 0 aliphatic rings. The average molecular weight is 500 g/mol. The lowest BCUT2D eigenvalue weighted by Gasteiger charge is -2.08. The topological polar surface area (TPSA) is 81.9 Å². The molecule has 0 spiro atoms. The molecule has 0 radical (unpaired) electrons. The summed E-state index contributed by atoms with van der Waals surface area (Å²) in [7, 11) is 1.65. The Labute approximate surface area is 205 Å². The second-order valence-electron chi connectivity index (χ2n) is 7.05. The first kappa shape index (κ1) is 23.3. The van der Waals surface area contributed by atoms with E-state index in [0.29, 0.717) is 16.6 Å². The minimum absolute atomic E-state index is 0.139. The Kier molecular flexibility index (Phi) is 7.64. The minimum atomic E-state index is -0.139. The molecule has 2 heterocycles. The minimum Gasteiger partial charge on any atom is -0.497 e. The number of halogens is 1. The van der Waals surface area contributed by atoms with Crippen LogP contribution in [0.25, 0.3) is 11.3 Å².